The van der Waals surface area contributed by atoms with Crippen molar-refractivity contribution >= 4 is 5.91 Å². The molecule has 104 valence electrons. The third-order valence-corrected chi connectivity index (χ3v) is 3.83. The SMILES string of the molecule is CCNC1CC(C(=O)N2CCN(C)CC2)N(F)C1. The molecule has 0 aromatic rings. The van der Waals surface area contributed by atoms with Gasteiger partial charge in [0.1, 0.15) is 6.04 Å². The van der Waals surface area contributed by atoms with Crippen molar-refractivity contribution < 1.29 is 9.28 Å². The third kappa shape index (κ3) is 2.99. The highest BCUT2D eigenvalue weighted by Crippen LogP contribution is 2.20. The fourth-order valence-electron chi connectivity index (χ4n) is 2.69. The molecule has 2 rings (SSSR count). The van der Waals surface area contributed by atoms with Gasteiger partial charge in [0.25, 0.3) is 0 Å². The summed E-state index contributed by atoms with van der Waals surface area (Å²) in [6, 6.07) is -0.487. The lowest BCUT2D eigenvalue weighted by Gasteiger charge is -2.34. The quantitative estimate of drug-likeness (QED) is 0.705. The normalized spacial score (nSPS) is 30.9. The van der Waals surface area contributed by atoms with Crippen LogP contribution in [0.2, 0.25) is 0 Å². The summed E-state index contributed by atoms with van der Waals surface area (Å²) >= 11 is 0. The largest absolute Gasteiger partial charge is 0.339 e. The number of amides is 1. The number of carbonyl (C=O) groups is 1. The van der Waals surface area contributed by atoms with Crippen LogP contribution in [-0.4, -0.2) is 79.2 Å². The van der Waals surface area contributed by atoms with Gasteiger partial charge in [0.2, 0.25) is 5.91 Å². The Labute approximate surface area is 108 Å². The number of hydrogen-bond donors (Lipinski definition) is 1. The number of likely N-dealkylation sites (N-methyl/N-ethyl adjacent to an activating group) is 2. The molecule has 2 unspecified atom stereocenters. The maximum absolute atomic E-state index is 13.8. The van der Waals surface area contributed by atoms with Gasteiger partial charge in [0.05, 0.1) is 0 Å². The van der Waals surface area contributed by atoms with Gasteiger partial charge in [-0.3, -0.25) is 4.79 Å². The molecule has 0 spiro atoms. The molecule has 2 heterocycles. The molecule has 6 heteroatoms. The van der Waals surface area contributed by atoms with Crippen LogP contribution in [0.25, 0.3) is 0 Å². The molecule has 18 heavy (non-hydrogen) atoms. The van der Waals surface area contributed by atoms with Crippen LogP contribution in [0, 0.1) is 0 Å². The van der Waals surface area contributed by atoms with Gasteiger partial charge in [0, 0.05) is 38.8 Å². The number of nitrogens with one attached hydrogen (secondary N) is 1. The highest BCUT2D eigenvalue weighted by Gasteiger charge is 2.39. The number of nitrogens with zero attached hydrogens (tertiary/aromatic N) is 3. The first-order chi connectivity index (χ1) is 8.61. The van der Waals surface area contributed by atoms with E-state index in [-0.39, 0.29) is 11.9 Å². The molecule has 2 aliphatic rings. The van der Waals surface area contributed by atoms with Gasteiger partial charge in [-0.25, -0.2) is 0 Å². The van der Waals surface area contributed by atoms with Crippen molar-refractivity contribution in [2.45, 2.75) is 25.4 Å². The Balaban J connectivity index is 1.89. The van der Waals surface area contributed by atoms with Gasteiger partial charge in [0.15, 0.2) is 0 Å². The first-order valence-corrected chi connectivity index (χ1v) is 6.75. The maximum atomic E-state index is 13.8. The Hall–Kier alpha value is -0.720. The van der Waals surface area contributed by atoms with Crippen molar-refractivity contribution in [2.24, 2.45) is 0 Å². The number of halogens is 1. The van der Waals surface area contributed by atoms with E-state index in [0.29, 0.717) is 31.2 Å². The molecule has 0 bridgehead atoms. The second kappa shape index (κ2) is 5.95. The number of carbonyl (C=O) groups excluding carboxylic acids is 1. The van der Waals surface area contributed by atoms with Gasteiger partial charge in [-0.05, 0) is 20.0 Å². The fraction of sp³-hybridized carbons (Fsp3) is 0.917. The Morgan fingerprint density at radius 2 is 2.00 bits per heavy atom. The van der Waals surface area contributed by atoms with Gasteiger partial charge < -0.3 is 15.1 Å². The van der Waals surface area contributed by atoms with Gasteiger partial charge in [-0.1, -0.05) is 6.92 Å². The van der Waals surface area contributed by atoms with Gasteiger partial charge in [-0.15, -0.1) is 9.60 Å². The molecular weight excluding hydrogens is 235 g/mol. The van der Waals surface area contributed by atoms with Crippen LogP contribution >= 0.6 is 0 Å². The Bertz CT molecular complexity index is 294. The second-order valence-electron chi connectivity index (χ2n) is 5.22. The molecule has 0 radical (unpaired) electrons. The fourth-order valence-corrected chi connectivity index (χ4v) is 2.69. The number of rotatable bonds is 3. The highest BCUT2D eigenvalue weighted by molar-refractivity contribution is 5.82. The molecule has 2 atom stereocenters. The van der Waals surface area contributed by atoms with E-state index >= 15 is 0 Å². The summed E-state index contributed by atoms with van der Waals surface area (Å²) in [4.78, 5) is 16.3. The minimum Gasteiger partial charge on any atom is -0.339 e. The number of hydrogen-bond acceptors (Lipinski definition) is 4. The zero-order valence-corrected chi connectivity index (χ0v) is 11.2. The molecule has 5 nitrogen and oxygen atoms in total. The Morgan fingerprint density at radius 1 is 1.33 bits per heavy atom. The predicted molar refractivity (Wildman–Crippen MR) is 67.8 cm³/mol. The molecule has 2 fully saturated rings. The summed E-state index contributed by atoms with van der Waals surface area (Å²) in [5, 5.41) is 3.91. The number of piperazine rings is 1. The van der Waals surface area contributed by atoms with Crippen LogP contribution < -0.4 is 5.32 Å². The third-order valence-electron chi connectivity index (χ3n) is 3.83. The van der Waals surface area contributed by atoms with E-state index in [9.17, 15) is 9.28 Å². The van der Waals surface area contributed by atoms with E-state index < -0.39 is 6.04 Å². The molecule has 1 N–H and O–H groups in total. The topological polar surface area (TPSA) is 38.8 Å². The molecule has 2 aliphatic heterocycles. The van der Waals surface area contributed by atoms with Gasteiger partial charge >= 0.3 is 0 Å². The van der Waals surface area contributed by atoms with Crippen LogP contribution in [0.15, 0.2) is 0 Å². The minimum absolute atomic E-state index is 0.0500. The van der Waals surface area contributed by atoms with E-state index in [0.717, 1.165) is 19.6 Å². The van der Waals surface area contributed by atoms with Crippen molar-refractivity contribution in [1.82, 2.24) is 20.2 Å². The van der Waals surface area contributed by atoms with E-state index in [1.165, 1.54) is 0 Å². The lowest BCUT2D eigenvalue weighted by molar-refractivity contribution is -0.143. The molecule has 1 amide bonds. The summed E-state index contributed by atoms with van der Waals surface area (Å²) < 4.78 is 13.8. The van der Waals surface area contributed by atoms with E-state index in [2.05, 4.69) is 10.2 Å². The monoisotopic (exact) mass is 258 g/mol. The molecule has 0 saturated carbocycles. The first-order valence-electron chi connectivity index (χ1n) is 6.75. The van der Waals surface area contributed by atoms with Crippen LogP contribution in [-0.2, 0) is 4.79 Å². The Morgan fingerprint density at radius 3 is 2.61 bits per heavy atom. The van der Waals surface area contributed by atoms with E-state index in [4.69, 9.17) is 0 Å². The van der Waals surface area contributed by atoms with E-state index in [1.807, 2.05) is 14.0 Å². The van der Waals surface area contributed by atoms with E-state index in [1.54, 1.807) is 4.90 Å². The maximum Gasteiger partial charge on any atom is 0.242 e. The zero-order valence-electron chi connectivity index (χ0n) is 11.2. The average Bonchev–Trinajstić information content (AvgIpc) is 2.71. The summed E-state index contributed by atoms with van der Waals surface area (Å²) in [7, 11) is 2.04. The van der Waals surface area contributed by atoms with Crippen LogP contribution in [0.4, 0.5) is 4.48 Å². The molecule has 2 saturated heterocycles. The summed E-state index contributed by atoms with van der Waals surface area (Å²) in [5.74, 6) is -0.0500. The lowest BCUT2D eigenvalue weighted by atomic mass is 10.1. The molecule has 0 aromatic carbocycles. The summed E-state index contributed by atoms with van der Waals surface area (Å²) in [6.07, 6.45) is 0.579. The summed E-state index contributed by atoms with van der Waals surface area (Å²) in [6.45, 7) is 6.31. The van der Waals surface area contributed by atoms with Crippen molar-refractivity contribution in [3.63, 3.8) is 0 Å². The lowest BCUT2D eigenvalue weighted by Crippen LogP contribution is -2.51. The summed E-state index contributed by atoms with van der Waals surface area (Å²) in [5.41, 5.74) is 0. The van der Waals surface area contributed by atoms with Crippen LogP contribution in [0.1, 0.15) is 13.3 Å². The highest BCUT2D eigenvalue weighted by atomic mass is 19.2. The molecule has 0 aromatic heterocycles. The molecular formula is C12H23FN4O. The van der Waals surface area contributed by atoms with Crippen molar-refractivity contribution in [2.75, 3.05) is 46.3 Å². The van der Waals surface area contributed by atoms with Crippen molar-refractivity contribution in [3.05, 3.63) is 0 Å². The second-order valence-corrected chi connectivity index (χ2v) is 5.22. The van der Waals surface area contributed by atoms with Crippen LogP contribution in [0.3, 0.4) is 0 Å². The average molecular weight is 258 g/mol. The van der Waals surface area contributed by atoms with Crippen LogP contribution in [0.5, 0.6) is 0 Å². The van der Waals surface area contributed by atoms with Crippen molar-refractivity contribution in [3.8, 4) is 0 Å². The minimum atomic E-state index is -0.586. The Kier molecular flexibility index (Phi) is 4.53. The molecule has 0 aliphatic carbocycles. The van der Waals surface area contributed by atoms with Crippen molar-refractivity contribution in [1.29, 1.82) is 0 Å². The predicted octanol–water partition coefficient (Wildman–Crippen LogP) is -0.303. The zero-order chi connectivity index (χ0) is 13.1. The first kappa shape index (κ1) is 13.7. The smallest absolute Gasteiger partial charge is 0.242 e. The van der Waals surface area contributed by atoms with Gasteiger partial charge in [-0.2, -0.15) is 0 Å². The standard InChI is InChI=1S/C12H23FN4O/c1-3-14-10-8-11(17(13)9-10)12(18)16-6-4-15(2)5-7-16/h10-11,14H,3-9H2,1-2H3.